The van der Waals surface area contributed by atoms with Crippen molar-refractivity contribution in [2.75, 3.05) is 23.8 Å². The minimum absolute atomic E-state index is 0.372. The summed E-state index contributed by atoms with van der Waals surface area (Å²) in [6, 6.07) is 0.463. The Morgan fingerprint density at radius 1 is 1.38 bits per heavy atom. The number of hydrogen-bond acceptors (Lipinski definition) is 5. The first kappa shape index (κ1) is 9.84. The quantitative estimate of drug-likeness (QED) is 0.759. The van der Waals surface area contributed by atoms with Gasteiger partial charge in [0, 0.05) is 6.54 Å². The third-order valence-corrected chi connectivity index (χ3v) is 3.42. The Balaban J connectivity index is 1.88. The fourth-order valence-electron chi connectivity index (χ4n) is 2.72. The molecule has 3 rings (SSSR count). The molecule has 2 atom stereocenters. The smallest absolute Gasteiger partial charge is 0.149 e. The molecule has 2 aliphatic rings. The van der Waals surface area contributed by atoms with Gasteiger partial charge in [-0.25, -0.2) is 4.98 Å². The number of ether oxygens (including phenoxy) is 1. The number of morpholine rings is 1. The van der Waals surface area contributed by atoms with Crippen LogP contribution in [0.25, 0.3) is 0 Å². The highest BCUT2D eigenvalue weighted by molar-refractivity contribution is 5.43. The minimum Gasteiger partial charge on any atom is -0.382 e. The first-order valence-corrected chi connectivity index (χ1v) is 5.80. The van der Waals surface area contributed by atoms with E-state index in [4.69, 9.17) is 10.5 Å². The highest BCUT2D eigenvalue weighted by Crippen LogP contribution is 2.32. The van der Waals surface area contributed by atoms with E-state index in [0.717, 1.165) is 25.4 Å². The van der Waals surface area contributed by atoms with Crippen molar-refractivity contribution in [3.8, 4) is 0 Å². The second-order valence-electron chi connectivity index (χ2n) is 4.40. The molecular formula is C11H16N4O. The Hall–Kier alpha value is -1.36. The van der Waals surface area contributed by atoms with Gasteiger partial charge in [0.2, 0.25) is 0 Å². The van der Waals surface area contributed by atoms with E-state index in [-0.39, 0.29) is 0 Å². The van der Waals surface area contributed by atoms with E-state index >= 15 is 0 Å². The summed E-state index contributed by atoms with van der Waals surface area (Å²) in [5.41, 5.74) is 5.67. The first-order valence-electron chi connectivity index (χ1n) is 5.80. The zero-order valence-electron chi connectivity index (χ0n) is 9.17. The molecule has 0 bridgehead atoms. The van der Waals surface area contributed by atoms with Gasteiger partial charge in [0.25, 0.3) is 0 Å². The molecule has 86 valence electrons. The second-order valence-corrected chi connectivity index (χ2v) is 4.40. The number of aromatic nitrogens is 2. The standard InChI is InChI=1S/C11H16N4O/c12-10-6-13-7-11(14-10)15-4-5-16-9-3-1-2-8(9)15/h6-9H,1-5H2,(H2,12,14). The molecule has 0 radical (unpaired) electrons. The molecule has 2 N–H and O–H groups in total. The molecule has 1 saturated carbocycles. The van der Waals surface area contributed by atoms with Crippen molar-refractivity contribution in [1.82, 2.24) is 9.97 Å². The molecule has 2 fully saturated rings. The van der Waals surface area contributed by atoms with Gasteiger partial charge in [0.05, 0.1) is 31.1 Å². The Labute approximate surface area is 94.6 Å². The predicted octanol–water partition coefficient (Wildman–Crippen LogP) is 0.817. The third-order valence-electron chi connectivity index (χ3n) is 3.42. The van der Waals surface area contributed by atoms with E-state index in [1.54, 1.807) is 12.4 Å². The van der Waals surface area contributed by atoms with Gasteiger partial charge in [-0.15, -0.1) is 0 Å². The monoisotopic (exact) mass is 220 g/mol. The third kappa shape index (κ3) is 1.61. The van der Waals surface area contributed by atoms with E-state index in [1.807, 2.05) is 0 Å². The van der Waals surface area contributed by atoms with Crippen LogP contribution in [0.3, 0.4) is 0 Å². The fourth-order valence-corrected chi connectivity index (χ4v) is 2.72. The van der Waals surface area contributed by atoms with Gasteiger partial charge in [-0.3, -0.25) is 4.98 Å². The van der Waals surface area contributed by atoms with Gasteiger partial charge in [-0.1, -0.05) is 0 Å². The highest BCUT2D eigenvalue weighted by atomic mass is 16.5. The molecule has 0 spiro atoms. The number of anilines is 2. The van der Waals surface area contributed by atoms with Crippen LogP contribution < -0.4 is 10.6 Å². The summed E-state index contributed by atoms with van der Waals surface area (Å²) >= 11 is 0. The van der Waals surface area contributed by atoms with Crippen molar-refractivity contribution in [3.63, 3.8) is 0 Å². The maximum Gasteiger partial charge on any atom is 0.149 e. The average Bonchev–Trinajstić information content (AvgIpc) is 2.76. The van der Waals surface area contributed by atoms with Crippen LogP contribution in [0.2, 0.25) is 0 Å². The number of nitrogens with zero attached hydrogens (tertiary/aromatic N) is 3. The maximum absolute atomic E-state index is 5.76. The molecule has 1 aromatic rings. The number of nitrogen functional groups attached to an aromatic ring is 1. The van der Waals surface area contributed by atoms with Crippen molar-refractivity contribution in [1.29, 1.82) is 0 Å². The van der Waals surface area contributed by atoms with E-state index in [9.17, 15) is 0 Å². The van der Waals surface area contributed by atoms with Gasteiger partial charge in [-0.2, -0.15) is 0 Å². The summed E-state index contributed by atoms with van der Waals surface area (Å²) in [5, 5.41) is 0. The number of nitrogens with two attached hydrogens (primary N) is 1. The Morgan fingerprint density at radius 2 is 2.31 bits per heavy atom. The maximum atomic E-state index is 5.76. The molecule has 1 saturated heterocycles. The summed E-state index contributed by atoms with van der Waals surface area (Å²) in [4.78, 5) is 10.7. The van der Waals surface area contributed by atoms with Crippen LogP contribution in [0.5, 0.6) is 0 Å². The molecule has 16 heavy (non-hydrogen) atoms. The zero-order chi connectivity index (χ0) is 11.0. The molecule has 1 aliphatic carbocycles. The lowest BCUT2D eigenvalue weighted by atomic mass is 10.1. The first-order chi connectivity index (χ1) is 7.84. The average molecular weight is 220 g/mol. The van der Waals surface area contributed by atoms with Gasteiger partial charge in [-0.05, 0) is 19.3 Å². The topological polar surface area (TPSA) is 64.3 Å². The highest BCUT2D eigenvalue weighted by Gasteiger charge is 2.36. The van der Waals surface area contributed by atoms with Crippen molar-refractivity contribution in [2.45, 2.75) is 31.4 Å². The molecule has 5 heteroatoms. The molecule has 0 aromatic carbocycles. The van der Waals surface area contributed by atoms with Gasteiger partial charge in [0.15, 0.2) is 0 Å². The Kier molecular flexibility index (Phi) is 2.40. The summed E-state index contributed by atoms with van der Waals surface area (Å²) in [5.74, 6) is 1.37. The number of hydrogen-bond donors (Lipinski definition) is 1. The fraction of sp³-hybridized carbons (Fsp3) is 0.636. The Bertz CT molecular complexity index is 384. The van der Waals surface area contributed by atoms with Crippen LogP contribution in [0.4, 0.5) is 11.6 Å². The molecule has 1 aliphatic heterocycles. The van der Waals surface area contributed by atoms with E-state index in [2.05, 4.69) is 14.9 Å². The lowest BCUT2D eigenvalue weighted by Gasteiger charge is -2.38. The minimum atomic E-state index is 0.372. The van der Waals surface area contributed by atoms with E-state index in [0.29, 0.717) is 18.0 Å². The lowest BCUT2D eigenvalue weighted by Crippen LogP contribution is -2.49. The van der Waals surface area contributed by atoms with E-state index < -0.39 is 0 Å². The van der Waals surface area contributed by atoms with E-state index in [1.165, 1.54) is 12.8 Å². The molecule has 1 aromatic heterocycles. The Morgan fingerprint density at radius 3 is 3.19 bits per heavy atom. The summed E-state index contributed by atoms with van der Waals surface area (Å²) in [6.45, 7) is 1.66. The van der Waals surface area contributed by atoms with Gasteiger partial charge >= 0.3 is 0 Å². The summed E-state index contributed by atoms with van der Waals surface area (Å²) in [7, 11) is 0. The van der Waals surface area contributed by atoms with Gasteiger partial charge in [0.1, 0.15) is 11.6 Å². The molecule has 2 unspecified atom stereocenters. The van der Waals surface area contributed by atoms with Gasteiger partial charge < -0.3 is 15.4 Å². The van der Waals surface area contributed by atoms with Crippen LogP contribution in [0, 0.1) is 0 Å². The van der Waals surface area contributed by atoms with Crippen LogP contribution >= 0.6 is 0 Å². The van der Waals surface area contributed by atoms with Crippen molar-refractivity contribution < 1.29 is 4.74 Å². The second kappa shape index (κ2) is 3.90. The van der Waals surface area contributed by atoms with Crippen LogP contribution in [0.15, 0.2) is 12.4 Å². The number of fused-ring (bicyclic) bond motifs is 1. The molecule has 0 amide bonds. The largest absolute Gasteiger partial charge is 0.382 e. The normalized spacial score (nSPS) is 29.1. The van der Waals surface area contributed by atoms with Crippen LogP contribution in [0.1, 0.15) is 19.3 Å². The molecule has 5 nitrogen and oxygen atoms in total. The SMILES string of the molecule is Nc1cncc(N2CCOC3CCCC32)n1. The van der Waals surface area contributed by atoms with Crippen LogP contribution in [-0.2, 0) is 4.74 Å². The lowest BCUT2D eigenvalue weighted by molar-refractivity contribution is 0.0253. The summed E-state index contributed by atoms with van der Waals surface area (Å²) in [6.07, 6.45) is 7.32. The summed E-state index contributed by atoms with van der Waals surface area (Å²) < 4.78 is 5.76. The zero-order valence-corrected chi connectivity index (χ0v) is 9.17. The van der Waals surface area contributed by atoms with Crippen molar-refractivity contribution >= 4 is 11.6 Å². The molecule has 2 heterocycles. The van der Waals surface area contributed by atoms with Crippen molar-refractivity contribution in [2.24, 2.45) is 0 Å². The van der Waals surface area contributed by atoms with Crippen molar-refractivity contribution in [3.05, 3.63) is 12.4 Å². The number of rotatable bonds is 1. The van der Waals surface area contributed by atoms with Crippen LogP contribution in [-0.4, -0.2) is 35.3 Å². The predicted molar refractivity (Wildman–Crippen MR) is 61.2 cm³/mol. The molecular weight excluding hydrogens is 204 g/mol.